The number of nitrogens with zero attached hydrogens (tertiary/aromatic N) is 3. The number of methoxy groups -OCH3 is 1. The van der Waals surface area contributed by atoms with Gasteiger partial charge in [0.05, 0.1) is 40.9 Å². The highest BCUT2D eigenvalue weighted by Gasteiger charge is 2.10. The van der Waals surface area contributed by atoms with Crippen LogP contribution in [0.1, 0.15) is 16.2 Å². The number of aromatic nitrogens is 4. The number of carbonyl (C=O) groups excluding carboxylic acids is 1. The molecule has 0 saturated heterocycles. The van der Waals surface area contributed by atoms with E-state index < -0.39 is 5.97 Å². The number of hydrogen-bond acceptors (Lipinski definition) is 5. The van der Waals surface area contributed by atoms with Gasteiger partial charge in [-0.2, -0.15) is 0 Å². The Kier molecular flexibility index (Phi) is 3.96. The SMILES string of the molecule is COC(=O)c1ccc2c(=O)[nH]c(CCn3cnc4ccccc43)nc2c1. The maximum atomic E-state index is 12.3. The summed E-state index contributed by atoms with van der Waals surface area (Å²) in [4.78, 5) is 35.6. The number of nitrogens with one attached hydrogen (secondary N) is 1. The van der Waals surface area contributed by atoms with Crippen LogP contribution in [0.4, 0.5) is 0 Å². The maximum Gasteiger partial charge on any atom is 0.337 e. The number of fused-ring (bicyclic) bond motifs is 2. The van der Waals surface area contributed by atoms with Crippen molar-refractivity contribution in [3.05, 3.63) is 70.5 Å². The van der Waals surface area contributed by atoms with Crippen molar-refractivity contribution in [3.8, 4) is 0 Å². The first-order chi connectivity index (χ1) is 12.7. The molecular formula is C19H16N4O3. The highest BCUT2D eigenvalue weighted by molar-refractivity contribution is 5.93. The zero-order chi connectivity index (χ0) is 18.1. The van der Waals surface area contributed by atoms with Crippen LogP contribution in [0.15, 0.2) is 53.6 Å². The van der Waals surface area contributed by atoms with Crippen molar-refractivity contribution in [2.75, 3.05) is 7.11 Å². The molecule has 0 amide bonds. The number of esters is 1. The molecule has 0 atom stereocenters. The molecule has 0 unspecified atom stereocenters. The molecule has 0 saturated carbocycles. The van der Waals surface area contributed by atoms with Crippen LogP contribution in [0.5, 0.6) is 0 Å². The van der Waals surface area contributed by atoms with Crippen LogP contribution < -0.4 is 5.56 Å². The predicted molar refractivity (Wildman–Crippen MR) is 97.1 cm³/mol. The summed E-state index contributed by atoms with van der Waals surface area (Å²) in [5, 5.41) is 0.439. The Bertz CT molecular complexity index is 1180. The van der Waals surface area contributed by atoms with Crippen molar-refractivity contribution < 1.29 is 9.53 Å². The largest absolute Gasteiger partial charge is 0.465 e. The molecule has 0 aliphatic rings. The van der Waals surface area contributed by atoms with E-state index in [1.807, 2.05) is 28.8 Å². The average molecular weight is 348 g/mol. The van der Waals surface area contributed by atoms with Crippen LogP contribution in [0, 0.1) is 0 Å². The van der Waals surface area contributed by atoms with Gasteiger partial charge in [0.25, 0.3) is 5.56 Å². The lowest BCUT2D eigenvalue weighted by Crippen LogP contribution is -2.14. The van der Waals surface area contributed by atoms with Crippen LogP contribution in [-0.2, 0) is 17.7 Å². The fourth-order valence-corrected chi connectivity index (χ4v) is 2.97. The van der Waals surface area contributed by atoms with Gasteiger partial charge in [0, 0.05) is 13.0 Å². The highest BCUT2D eigenvalue weighted by Crippen LogP contribution is 2.14. The smallest absolute Gasteiger partial charge is 0.337 e. The molecule has 1 N–H and O–H groups in total. The monoisotopic (exact) mass is 348 g/mol. The first kappa shape index (κ1) is 16.0. The van der Waals surface area contributed by atoms with Crippen molar-refractivity contribution in [1.82, 2.24) is 19.5 Å². The Balaban J connectivity index is 1.65. The Hall–Kier alpha value is -3.48. The van der Waals surface area contributed by atoms with E-state index in [0.717, 1.165) is 11.0 Å². The minimum Gasteiger partial charge on any atom is -0.465 e. The Morgan fingerprint density at radius 2 is 2.04 bits per heavy atom. The van der Waals surface area contributed by atoms with E-state index in [1.165, 1.54) is 7.11 Å². The number of rotatable bonds is 4. The van der Waals surface area contributed by atoms with Gasteiger partial charge in [0.1, 0.15) is 5.82 Å². The van der Waals surface area contributed by atoms with Gasteiger partial charge in [-0.1, -0.05) is 12.1 Å². The van der Waals surface area contributed by atoms with Gasteiger partial charge in [-0.25, -0.2) is 14.8 Å². The summed E-state index contributed by atoms with van der Waals surface area (Å²) in [6, 6.07) is 12.6. The lowest BCUT2D eigenvalue weighted by molar-refractivity contribution is 0.0601. The number of aryl methyl sites for hydroxylation is 2. The van der Waals surface area contributed by atoms with E-state index in [-0.39, 0.29) is 5.56 Å². The lowest BCUT2D eigenvalue weighted by atomic mass is 10.1. The molecule has 0 aliphatic carbocycles. The predicted octanol–water partition coefficient (Wildman–Crippen LogP) is 2.30. The molecule has 2 aromatic heterocycles. The topological polar surface area (TPSA) is 89.9 Å². The van der Waals surface area contributed by atoms with Gasteiger partial charge in [-0.15, -0.1) is 0 Å². The molecular weight excluding hydrogens is 332 g/mol. The molecule has 7 heteroatoms. The average Bonchev–Trinajstić information content (AvgIpc) is 3.08. The molecule has 2 aromatic carbocycles. The quantitative estimate of drug-likeness (QED) is 0.572. The number of imidazole rings is 1. The third-order valence-electron chi connectivity index (χ3n) is 4.29. The summed E-state index contributed by atoms with van der Waals surface area (Å²) in [7, 11) is 1.32. The zero-order valence-electron chi connectivity index (χ0n) is 14.1. The third kappa shape index (κ3) is 2.83. The molecule has 130 valence electrons. The van der Waals surface area contributed by atoms with Crippen molar-refractivity contribution in [3.63, 3.8) is 0 Å². The van der Waals surface area contributed by atoms with Gasteiger partial charge in [0.2, 0.25) is 0 Å². The summed E-state index contributed by atoms with van der Waals surface area (Å²) in [5.41, 5.74) is 2.57. The molecule has 0 radical (unpaired) electrons. The van der Waals surface area contributed by atoms with E-state index >= 15 is 0 Å². The number of carbonyl (C=O) groups is 1. The molecule has 7 nitrogen and oxygen atoms in total. The molecule has 4 rings (SSSR count). The van der Waals surface area contributed by atoms with E-state index in [2.05, 4.69) is 15.0 Å². The van der Waals surface area contributed by atoms with Crippen LogP contribution in [0.25, 0.3) is 21.9 Å². The molecule has 0 spiro atoms. The minimum atomic E-state index is -0.458. The second-order valence-electron chi connectivity index (χ2n) is 5.91. The number of H-pyrrole nitrogens is 1. The van der Waals surface area contributed by atoms with E-state index in [4.69, 9.17) is 4.74 Å². The highest BCUT2D eigenvalue weighted by atomic mass is 16.5. The Labute approximate surface area is 148 Å². The van der Waals surface area contributed by atoms with Gasteiger partial charge in [-0.3, -0.25) is 4.79 Å². The van der Waals surface area contributed by atoms with Crippen molar-refractivity contribution >= 4 is 27.9 Å². The van der Waals surface area contributed by atoms with Crippen molar-refractivity contribution in [1.29, 1.82) is 0 Å². The molecule has 0 fully saturated rings. The molecule has 2 heterocycles. The summed E-state index contributed by atoms with van der Waals surface area (Å²) < 4.78 is 6.74. The zero-order valence-corrected chi connectivity index (χ0v) is 14.1. The number of benzene rings is 2. The van der Waals surface area contributed by atoms with E-state index in [9.17, 15) is 9.59 Å². The first-order valence-electron chi connectivity index (χ1n) is 8.17. The standard InChI is InChI=1S/C19H16N4O3/c1-26-19(25)12-6-7-13-15(10-12)21-17(22-18(13)24)8-9-23-11-20-14-4-2-3-5-16(14)23/h2-7,10-11H,8-9H2,1H3,(H,21,22,24). The third-order valence-corrected chi connectivity index (χ3v) is 4.29. The molecule has 4 aromatic rings. The summed E-state index contributed by atoms with van der Waals surface area (Å²) >= 11 is 0. The normalized spacial score (nSPS) is 11.1. The van der Waals surface area contributed by atoms with Crippen LogP contribution in [-0.4, -0.2) is 32.6 Å². The van der Waals surface area contributed by atoms with E-state index in [1.54, 1.807) is 24.5 Å². The van der Waals surface area contributed by atoms with Gasteiger partial charge in [0.15, 0.2) is 0 Å². The molecule has 0 aliphatic heterocycles. The second kappa shape index (κ2) is 6.44. The van der Waals surface area contributed by atoms with Crippen LogP contribution >= 0.6 is 0 Å². The Morgan fingerprint density at radius 1 is 1.19 bits per heavy atom. The summed E-state index contributed by atoms with van der Waals surface area (Å²) in [5.74, 6) is 0.0997. The number of aromatic amines is 1. The van der Waals surface area contributed by atoms with Crippen molar-refractivity contribution in [2.45, 2.75) is 13.0 Å². The van der Waals surface area contributed by atoms with E-state index in [0.29, 0.717) is 35.3 Å². The van der Waals surface area contributed by atoms with Crippen LogP contribution in [0.3, 0.4) is 0 Å². The maximum absolute atomic E-state index is 12.3. The minimum absolute atomic E-state index is 0.225. The number of para-hydroxylation sites is 2. The Morgan fingerprint density at radius 3 is 2.88 bits per heavy atom. The fraction of sp³-hybridized carbons (Fsp3) is 0.158. The second-order valence-corrected chi connectivity index (χ2v) is 5.91. The van der Waals surface area contributed by atoms with Gasteiger partial charge < -0.3 is 14.3 Å². The molecule has 0 bridgehead atoms. The summed E-state index contributed by atoms with van der Waals surface area (Å²) in [6.07, 6.45) is 2.31. The lowest BCUT2D eigenvalue weighted by Gasteiger charge is -2.06. The molecule has 26 heavy (non-hydrogen) atoms. The fourth-order valence-electron chi connectivity index (χ4n) is 2.97. The number of hydrogen-bond donors (Lipinski definition) is 1. The summed E-state index contributed by atoms with van der Waals surface area (Å²) in [6.45, 7) is 0.631. The van der Waals surface area contributed by atoms with Gasteiger partial charge in [-0.05, 0) is 30.3 Å². The van der Waals surface area contributed by atoms with Gasteiger partial charge >= 0.3 is 5.97 Å². The van der Waals surface area contributed by atoms with Crippen molar-refractivity contribution in [2.24, 2.45) is 0 Å². The first-order valence-corrected chi connectivity index (χ1v) is 8.17. The van der Waals surface area contributed by atoms with Crippen LogP contribution in [0.2, 0.25) is 0 Å². The number of ether oxygens (including phenoxy) is 1.